The maximum Gasteiger partial charge on any atom is 0.324 e. The SMILES string of the molecule is COCC(=O)Nc1cc(Oc2ccc(NC(=O)Nc3cc(C4(C)CSC4)nn3-c3ccc(C)cc3)c(F)c2)ccn1. The second-order valence-electron chi connectivity index (χ2n) is 9.90. The quantitative estimate of drug-likeness (QED) is 0.232. The molecule has 5 rings (SSSR count). The molecule has 0 unspecified atom stereocenters. The molecule has 0 saturated carbocycles. The third-order valence-electron chi connectivity index (χ3n) is 6.39. The van der Waals surface area contributed by atoms with Crippen LogP contribution in [0.3, 0.4) is 0 Å². The van der Waals surface area contributed by atoms with Crippen molar-refractivity contribution in [3.05, 3.63) is 83.9 Å². The highest BCUT2D eigenvalue weighted by molar-refractivity contribution is 8.00. The predicted molar refractivity (Wildman–Crippen MR) is 157 cm³/mol. The van der Waals surface area contributed by atoms with Crippen LogP contribution in [-0.4, -0.2) is 51.9 Å². The summed E-state index contributed by atoms with van der Waals surface area (Å²) in [7, 11) is 1.41. The Labute approximate surface area is 240 Å². The number of methoxy groups -OCH3 is 1. The molecule has 41 heavy (non-hydrogen) atoms. The molecule has 0 radical (unpaired) electrons. The number of benzene rings is 2. The number of ether oxygens (including phenoxy) is 2. The van der Waals surface area contributed by atoms with Gasteiger partial charge in [-0.15, -0.1) is 0 Å². The Morgan fingerprint density at radius 3 is 2.46 bits per heavy atom. The van der Waals surface area contributed by atoms with E-state index in [9.17, 15) is 14.0 Å². The zero-order valence-corrected chi connectivity index (χ0v) is 23.5. The molecular weight excluding hydrogens is 547 g/mol. The van der Waals surface area contributed by atoms with E-state index in [2.05, 4.69) is 27.9 Å². The minimum atomic E-state index is -0.688. The number of aromatic nitrogens is 3. The van der Waals surface area contributed by atoms with Crippen LogP contribution in [0.1, 0.15) is 18.2 Å². The number of aryl methyl sites for hydroxylation is 1. The summed E-state index contributed by atoms with van der Waals surface area (Å²) in [5.74, 6) is 2.12. The number of rotatable bonds is 9. The topological polar surface area (TPSA) is 119 Å². The molecule has 0 aliphatic carbocycles. The summed E-state index contributed by atoms with van der Waals surface area (Å²) in [5.41, 5.74) is 2.70. The van der Waals surface area contributed by atoms with Gasteiger partial charge in [-0.2, -0.15) is 16.9 Å². The van der Waals surface area contributed by atoms with Crippen LogP contribution in [-0.2, 0) is 14.9 Å². The fourth-order valence-corrected chi connectivity index (χ4v) is 5.24. The van der Waals surface area contributed by atoms with Crippen LogP contribution in [0.15, 0.2) is 66.9 Å². The average Bonchev–Trinajstić information content (AvgIpc) is 3.33. The van der Waals surface area contributed by atoms with E-state index in [1.807, 2.05) is 49.0 Å². The van der Waals surface area contributed by atoms with Crippen LogP contribution in [0.5, 0.6) is 11.5 Å². The lowest BCUT2D eigenvalue weighted by molar-refractivity contribution is -0.119. The Morgan fingerprint density at radius 1 is 1.02 bits per heavy atom. The second-order valence-corrected chi connectivity index (χ2v) is 10.9. The van der Waals surface area contributed by atoms with E-state index < -0.39 is 11.8 Å². The van der Waals surface area contributed by atoms with Gasteiger partial charge in [0.25, 0.3) is 5.91 Å². The number of carbonyl (C=O) groups is 2. The highest BCUT2D eigenvalue weighted by Gasteiger charge is 2.37. The molecule has 1 saturated heterocycles. The van der Waals surface area contributed by atoms with Gasteiger partial charge >= 0.3 is 6.03 Å². The first-order valence-electron chi connectivity index (χ1n) is 12.8. The van der Waals surface area contributed by atoms with Gasteiger partial charge in [-0.25, -0.2) is 18.9 Å². The number of anilines is 3. The lowest BCUT2D eigenvalue weighted by atomic mass is 9.91. The lowest BCUT2D eigenvalue weighted by Gasteiger charge is -2.35. The Morgan fingerprint density at radius 2 is 1.78 bits per heavy atom. The Balaban J connectivity index is 1.28. The second kappa shape index (κ2) is 12.0. The van der Waals surface area contributed by atoms with Gasteiger partial charge in [-0.3, -0.25) is 10.1 Å². The van der Waals surface area contributed by atoms with Crippen LogP contribution >= 0.6 is 11.8 Å². The van der Waals surface area contributed by atoms with Crippen molar-refractivity contribution in [2.75, 3.05) is 41.2 Å². The van der Waals surface area contributed by atoms with Crippen LogP contribution in [0, 0.1) is 12.7 Å². The number of hydrogen-bond acceptors (Lipinski definition) is 7. The zero-order valence-electron chi connectivity index (χ0n) is 22.7. The molecule has 1 aliphatic rings. The van der Waals surface area contributed by atoms with E-state index in [0.717, 1.165) is 34.5 Å². The molecule has 12 heteroatoms. The molecule has 10 nitrogen and oxygen atoms in total. The first kappa shape index (κ1) is 28.1. The van der Waals surface area contributed by atoms with E-state index in [-0.39, 0.29) is 35.2 Å². The number of urea groups is 1. The van der Waals surface area contributed by atoms with Crippen molar-refractivity contribution in [3.8, 4) is 17.2 Å². The van der Waals surface area contributed by atoms with Crippen molar-refractivity contribution in [1.82, 2.24) is 14.8 Å². The summed E-state index contributed by atoms with van der Waals surface area (Å²) in [6.45, 7) is 4.03. The molecular formula is C29H29FN6O4S. The monoisotopic (exact) mass is 576 g/mol. The van der Waals surface area contributed by atoms with E-state index in [1.54, 1.807) is 10.7 Å². The molecule has 1 fully saturated rings. The van der Waals surface area contributed by atoms with Crippen molar-refractivity contribution in [1.29, 1.82) is 0 Å². The van der Waals surface area contributed by atoms with E-state index in [0.29, 0.717) is 11.6 Å². The smallest absolute Gasteiger partial charge is 0.324 e. The fourth-order valence-electron chi connectivity index (χ4n) is 4.12. The van der Waals surface area contributed by atoms with Gasteiger partial charge in [-0.05, 0) is 37.3 Å². The molecule has 4 aromatic rings. The number of pyridine rings is 1. The number of nitrogens with zero attached hydrogens (tertiary/aromatic N) is 3. The number of thioether (sulfide) groups is 1. The molecule has 2 aromatic carbocycles. The summed E-state index contributed by atoms with van der Waals surface area (Å²) in [5, 5.41) is 12.8. The maximum atomic E-state index is 15.0. The third kappa shape index (κ3) is 6.67. The van der Waals surface area contributed by atoms with Gasteiger partial charge in [0.2, 0.25) is 0 Å². The molecule has 3 N–H and O–H groups in total. The van der Waals surface area contributed by atoms with E-state index in [1.165, 1.54) is 31.5 Å². The Bertz CT molecular complexity index is 1570. The lowest BCUT2D eigenvalue weighted by Crippen LogP contribution is -2.37. The van der Waals surface area contributed by atoms with E-state index in [4.69, 9.17) is 14.6 Å². The van der Waals surface area contributed by atoms with Crippen molar-refractivity contribution in [2.24, 2.45) is 0 Å². The van der Waals surface area contributed by atoms with Gasteiger partial charge < -0.3 is 20.1 Å². The number of halogens is 1. The van der Waals surface area contributed by atoms with Crippen LogP contribution in [0.25, 0.3) is 5.69 Å². The highest BCUT2D eigenvalue weighted by atomic mass is 32.2. The van der Waals surface area contributed by atoms with Gasteiger partial charge in [-0.1, -0.05) is 24.6 Å². The Kier molecular flexibility index (Phi) is 8.22. The molecule has 2 aromatic heterocycles. The van der Waals surface area contributed by atoms with Crippen molar-refractivity contribution < 1.29 is 23.5 Å². The van der Waals surface area contributed by atoms with Crippen LogP contribution in [0.2, 0.25) is 0 Å². The molecule has 0 spiro atoms. The summed E-state index contributed by atoms with van der Waals surface area (Å²) in [4.78, 5) is 28.7. The number of carbonyl (C=O) groups excluding carboxylic acids is 2. The molecule has 1 aliphatic heterocycles. The van der Waals surface area contributed by atoms with Gasteiger partial charge in [0, 0.05) is 48.4 Å². The summed E-state index contributed by atoms with van der Waals surface area (Å²) in [6.07, 6.45) is 1.45. The Hall–Kier alpha value is -4.42. The zero-order chi connectivity index (χ0) is 29.0. The van der Waals surface area contributed by atoms with Crippen molar-refractivity contribution in [2.45, 2.75) is 19.3 Å². The minimum absolute atomic E-state index is 0.0268. The van der Waals surface area contributed by atoms with E-state index >= 15 is 0 Å². The molecule has 0 atom stereocenters. The summed E-state index contributed by atoms with van der Waals surface area (Å²) >= 11 is 1.85. The van der Waals surface area contributed by atoms with Crippen molar-refractivity contribution in [3.63, 3.8) is 0 Å². The van der Waals surface area contributed by atoms with Crippen LogP contribution in [0.4, 0.5) is 26.5 Å². The third-order valence-corrected chi connectivity index (χ3v) is 8.07. The minimum Gasteiger partial charge on any atom is -0.457 e. The normalized spacial score (nSPS) is 13.7. The number of nitrogens with one attached hydrogen (secondary N) is 3. The van der Waals surface area contributed by atoms with Gasteiger partial charge in [0.1, 0.15) is 35.6 Å². The molecule has 0 bridgehead atoms. The molecule has 3 amide bonds. The predicted octanol–water partition coefficient (Wildman–Crippen LogP) is 5.74. The maximum absolute atomic E-state index is 15.0. The number of hydrogen-bond donors (Lipinski definition) is 3. The van der Waals surface area contributed by atoms with Crippen molar-refractivity contribution >= 4 is 41.0 Å². The fraction of sp³-hybridized carbons (Fsp3) is 0.241. The first-order valence-corrected chi connectivity index (χ1v) is 13.9. The van der Waals surface area contributed by atoms with Gasteiger partial charge in [0.15, 0.2) is 0 Å². The average molecular weight is 577 g/mol. The standard InChI is InChI=1S/C29H29FN6O4S/c1-18-4-6-19(7-5-18)36-26(14-24(35-36)29(2)16-41-17-29)34-28(38)32-23-9-8-20(12-22(23)30)40-21-10-11-31-25(13-21)33-27(37)15-39-3/h4-14H,15-17H2,1-3H3,(H,31,33,37)(H2,32,34,38). The largest absolute Gasteiger partial charge is 0.457 e. The molecule has 212 valence electrons. The summed E-state index contributed by atoms with van der Waals surface area (Å²) in [6, 6.07) is 16.2. The first-order chi connectivity index (χ1) is 19.7. The highest BCUT2D eigenvalue weighted by Crippen LogP contribution is 2.41. The number of amides is 3. The van der Waals surface area contributed by atoms with Gasteiger partial charge in [0.05, 0.1) is 17.1 Å². The van der Waals surface area contributed by atoms with Crippen LogP contribution < -0.4 is 20.7 Å². The summed E-state index contributed by atoms with van der Waals surface area (Å²) < 4.78 is 27.2. The molecule has 3 heterocycles.